The predicted octanol–water partition coefficient (Wildman–Crippen LogP) is 3.63. The number of hydrogen-bond acceptors (Lipinski definition) is 7. The maximum atomic E-state index is 14.4. The van der Waals surface area contributed by atoms with Crippen LogP contribution >= 0.6 is 0 Å². The molecule has 0 bridgehead atoms. The first-order valence-electron chi connectivity index (χ1n) is 11.0. The quantitative estimate of drug-likeness (QED) is 0.284. The maximum absolute atomic E-state index is 14.4. The number of amides is 2. The number of nitrogen functional groups attached to an aromatic ring is 1. The summed E-state index contributed by atoms with van der Waals surface area (Å²) in [6, 6.07) is 12.6. The van der Waals surface area contributed by atoms with Crippen LogP contribution in [0.5, 0.6) is 5.75 Å². The van der Waals surface area contributed by atoms with Crippen molar-refractivity contribution in [3.05, 3.63) is 91.5 Å². The number of imide groups is 1. The van der Waals surface area contributed by atoms with Crippen LogP contribution in [0.2, 0.25) is 0 Å². The highest BCUT2D eigenvalue weighted by Crippen LogP contribution is 2.32. The smallest absolute Gasteiger partial charge is 0.260 e. The fourth-order valence-corrected chi connectivity index (χ4v) is 3.68. The Morgan fingerprint density at radius 1 is 1.14 bits per heavy atom. The second-order valence-electron chi connectivity index (χ2n) is 7.67. The Kier molecular flexibility index (Phi) is 7.15. The van der Waals surface area contributed by atoms with Crippen molar-refractivity contribution in [3.63, 3.8) is 0 Å². The average molecular weight is 487 g/mol. The van der Waals surface area contributed by atoms with E-state index in [0.29, 0.717) is 33.6 Å². The van der Waals surface area contributed by atoms with Crippen LogP contribution in [0.25, 0.3) is 22.3 Å². The fourth-order valence-electron chi connectivity index (χ4n) is 3.68. The lowest BCUT2D eigenvalue weighted by Crippen LogP contribution is -2.38. The highest BCUT2D eigenvalue weighted by atomic mass is 19.1. The summed E-state index contributed by atoms with van der Waals surface area (Å²) in [7, 11) is 0. The lowest BCUT2D eigenvalue weighted by atomic mass is 10.1. The van der Waals surface area contributed by atoms with Gasteiger partial charge in [-0.1, -0.05) is 37.4 Å². The maximum Gasteiger partial charge on any atom is 0.260 e. The van der Waals surface area contributed by atoms with Crippen LogP contribution in [0.3, 0.4) is 0 Å². The van der Waals surface area contributed by atoms with Gasteiger partial charge in [0.25, 0.3) is 11.8 Å². The molecule has 36 heavy (non-hydrogen) atoms. The molecule has 2 heterocycles. The van der Waals surface area contributed by atoms with Crippen molar-refractivity contribution < 1.29 is 18.7 Å². The van der Waals surface area contributed by atoms with E-state index in [1.165, 1.54) is 23.1 Å². The third-order valence-corrected chi connectivity index (χ3v) is 5.31. The third-order valence-electron chi connectivity index (χ3n) is 5.31. The fraction of sp³-hybridized carbons (Fsp3) is 0.115. The van der Waals surface area contributed by atoms with Crippen molar-refractivity contribution in [3.8, 4) is 17.0 Å². The molecule has 0 fully saturated rings. The monoisotopic (exact) mass is 486 g/mol. The van der Waals surface area contributed by atoms with Gasteiger partial charge in [-0.3, -0.25) is 14.5 Å². The largest absolute Gasteiger partial charge is 0.489 e. The van der Waals surface area contributed by atoms with Gasteiger partial charge in [0.05, 0.1) is 11.9 Å². The predicted molar refractivity (Wildman–Crippen MR) is 134 cm³/mol. The summed E-state index contributed by atoms with van der Waals surface area (Å²) in [5.74, 6) is -1.11. The number of rotatable bonds is 9. The van der Waals surface area contributed by atoms with Crippen LogP contribution in [0.4, 0.5) is 10.2 Å². The minimum absolute atomic E-state index is 0.0183. The molecule has 182 valence electrons. The highest BCUT2D eigenvalue weighted by molar-refractivity contribution is 6.07. The summed E-state index contributed by atoms with van der Waals surface area (Å²) >= 11 is 0. The Hall–Kier alpha value is -4.86. The summed E-state index contributed by atoms with van der Waals surface area (Å²) in [5, 5.41) is 5.00. The van der Waals surface area contributed by atoms with Gasteiger partial charge < -0.3 is 10.5 Å². The average Bonchev–Trinajstić information content (AvgIpc) is 3.27. The number of benzene rings is 2. The summed E-state index contributed by atoms with van der Waals surface area (Å²) in [5.41, 5.74) is 7.60. The molecule has 0 aliphatic heterocycles. The Balaban J connectivity index is 1.72. The van der Waals surface area contributed by atoms with Crippen LogP contribution in [0, 0.1) is 5.82 Å². The van der Waals surface area contributed by atoms with E-state index in [-0.39, 0.29) is 25.5 Å². The van der Waals surface area contributed by atoms with Crippen molar-refractivity contribution in [1.29, 1.82) is 0 Å². The lowest BCUT2D eigenvalue weighted by molar-refractivity contribution is -0.123. The molecule has 0 aliphatic rings. The molecule has 2 aromatic heterocycles. The van der Waals surface area contributed by atoms with Gasteiger partial charge in [-0.25, -0.2) is 19.0 Å². The summed E-state index contributed by atoms with van der Waals surface area (Å²) < 4.78 is 21.4. The van der Waals surface area contributed by atoms with Crippen LogP contribution in [0.15, 0.2) is 80.2 Å². The van der Waals surface area contributed by atoms with E-state index in [1.807, 2.05) is 0 Å². The minimum atomic E-state index is -0.552. The van der Waals surface area contributed by atoms with E-state index < -0.39 is 17.6 Å². The van der Waals surface area contributed by atoms with Gasteiger partial charge in [-0.05, 0) is 30.3 Å². The molecule has 4 rings (SSSR count). The Morgan fingerprint density at radius 3 is 2.64 bits per heavy atom. The van der Waals surface area contributed by atoms with Crippen molar-refractivity contribution in [1.82, 2.24) is 24.6 Å². The summed E-state index contributed by atoms with van der Waals surface area (Å²) in [6.07, 6.45) is 3.91. The molecular weight excluding hydrogens is 463 g/mol. The second-order valence-corrected chi connectivity index (χ2v) is 7.67. The topological polar surface area (TPSA) is 116 Å². The summed E-state index contributed by atoms with van der Waals surface area (Å²) in [6.45, 7) is 7.37. The van der Waals surface area contributed by atoms with Crippen molar-refractivity contribution in [2.45, 2.75) is 6.54 Å². The molecule has 0 radical (unpaired) electrons. The molecule has 9 nitrogen and oxygen atoms in total. The first-order valence-corrected chi connectivity index (χ1v) is 11.0. The zero-order valence-electron chi connectivity index (χ0n) is 19.3. The van der Waals surface area contributed by atoms with Gasteiger partial charge in [0, 0.05) is 23.7 Å². The number of hydrogen-bond donors (Lipinski definition) is 1. The molecule has 2 amide bonds. The molecular formula is C26H23FN6O3. The molecule has 0 unspecified atom stereocenters. The zero-order valence-corrected chi connectivity index (χ0v) is 19.3. The van der Waals surface area contributed by atoms with Crippen molar-refractivity contribution in [2.24, 2.45) is 0 Å². The van der Waals surface area contributed by atoms with Crippen LogP contribution in [-0.4, -0.2) is 49.6 Å². The van der Waals surface area contributed by atoms with Gasteiger partial charge in [0.2, 0.25) is 0 Å². The normalized spacial score (nSPS) is 10.7. The molecule has 0 spiro atoms. The van der Waals surface area contributed by atoms with Gasteiger partial charge in [0.15, 0.2) is 5.65 Å². The minimum Gasteiger partial charge on any atom is -0.489 e. The van der Waals surface area contributed by atoms with E-state index in [0.717, 1.165) is 11.0 Å². The molecule has 0 saturated heterocycles. The van der Waals surface area contributed by atoms with E-state index in [9.17, 15) is 14.0 Å². The number of nitrogens with zero attached hydrogens (tertiary/aromatic N) is 5. The number of halogens is 1. The van der Waals surface area contributed by atoms with E-state index >= 15 is 0 Å². The number of carbonyl (C=O) groups is 2. The second kappa shape index (κ2) is 10.6. The Morgan fingerprint density at radius 2 is 1.92 bits per heavy atom. The SMILES string of the molecule is C=CCOc1cc(F)cc(-c2nn(CCN(C(=O)C=C)C(=O)c3ccccc3)c3ncnc(N)c23)c1. The van der Waals surface area contributed by atoms with Crippen LogP contribution < -0.4 is 10.5 Å². The molecule has 0 aliphatic carbocycles. The Labute approximate surface area is 206 Å². The molecule has 0 saturated carbocycles. The van der Waals surface area contributed by atoms with E-state index in [1.54, 1.807) is 42.5 Å². The van der Waals surface area contributed by atoms with Gasteiger partial charge >= 0.3 is 0 Å². The van der Waals surface area contributed by atoms with E-state index in [2.05, 4.69) is 28.2 Å². The number of fused-ring (bicyclic) bond motifs is 1. The van der Waals surface area contributed by atoms with Gasteiger partial charge in [-0.15, -0.1) is 0 Å². The number of ether oxygens (including phenoxy) is 1. The standard InChI is InChI=1S/C26H23FN6O3/c1-3-12-36-20-14-18(13-19(27)15-20)23-22-24(28)29-16-30-25(22)33(31-23)11-10-32(21(34)4-2)26(35)17-8-6-5-7-9-17/h3-9,13-16H,1-2,10-12H2,(H2,28,29,30). The molecule has 0 atom stereocenters. The zero-order chi connectivity index (χ0) is 25.7. The molecule has 2 N–H and O–H groups in total. The molecule has 10 heteroatoms. The van der Waals surface area contributed by atoms with Crippen molar-refractivity contribution >= 4 is 28.7 Å². The van der Waals surface area contributed by atoms with Gasteiger partial charge in [0.1, 0.15) is 36.0 Å². The molecule has 4 aromatic rings. The van der Waals surface area contributed by atoms with Crippen molar-refractivity contribution in [2.75, 3.05) is 18.9 Å². The molecule has 2 aromatic carbocycles. The Bertz CT molecular complexity index is 1450. The lowest BCUT2D eigenvalue weighted by Gasteiger charge is -2.19. The highest BCUT2D eigenvalue weighted by Gasteiger charge is 2.23. The van der Waals surface area contributed by atoms with E-state index in [4.69, 9.17) is 10.5 Å². The number of nitrogens with two attached hydrogens (primary N) is 1. The summed E-state index contributed by atoms with van der Waals surface area (Å²) in [4.78, 5) is 34.9. The number of carbonyl (C=O) groups excluding carboxylic acids is 2. The van der Waals surface area contributed by atoms with Gasteiger partial charge in [-0.2, -0.15) is 5.10 Å². The number of aromatic nitrogens is 4. The first kappa shape index (κ1) is 24.3. The number of anilines is 1. The van der Waals surface area contributed by atoms with Crippen LogP contribution in [0.1, 0.15) is 10.4 Å². The van der Waals surface area contributed by atoms with Crippen LogP contribution in [-0.2, 0) is 11.3 Å². The first-order chi connectivity index (χ1) is 17.4. The third kappa shape index (κ3) is 4.97.